The molecule has 0 aliphatic carbocycles. The van der Waals surface area contributed by atoms with Gasteiger partial charge < -0.3 is 19.8 Å². The van der Waals surface area contributed by atoms with Gasteiger partial charge in [0.2, 0.25) is 0 Å². The van der Waals surface area contributed by atoms with Gasteiger partial charge in [0.15, 0.2) is 11.5 Å². The van der Waals surface area contributed by atoms with E-state index < -0.39 is 0 Å². The molecule has 0 amide bonds. The zero-order valence-corrected chi connectivity index (χ0v) is 13.8. The molecule has 4 nitrogen and oxygen atoms in total. The van der Waals surface area contributed by atoms with Gasteiger partial charge in [-0.25, -0.2) is 0 Å². The van der Waals surface area contributed by atoms with Crippen molar-refractivity contribution < 1.29 is 9.47 Å². The molecular formula is C19H22N2O2. The van der Waals surface area contributed by atoms with Crippen LogP contribution in [0, 0.1) is 0 Å². The summed E-state index contributed by atoms with van der Waals surface area (Å²) in [6.45, 7) is 0.933. The molecule has 0 bridgehead atoms. The van der Waals surface area contributed by atoms with Crippen molar-refractivity contribution in [2.45, 2.75) is 6.42 Å². The molecule has 3 aromatic rings. The number of likely N-dealkylation sites (N-methyl/N-ethyl adjacent to an activating group) is 1. The summed E-state index contributed by atoms with van der Waals surface area (Å²) in [6, 6.07) is 14.4. The Morgan fingerprint density at radius 1 is 1.00 bits per heavy atom. The lowest BCUT2D eigenvalue weighted by Gasteiger charge is -2.10. The van der Waals surface area contributed by atoms with Crippen LogP contribution in [0.5, 0.6) is 11.5 Å². The Bertz CT molecular complexity index is 808. The van der Waals surface area contributed by atoms with Crippen LogP contribution in [0.2, 0.25) is 0 Å². The maximum absolute atomic E-state index is 5.44. The third kappa shape index (κ3) is 2.90. The first-order valence-corrected chi connectivity index (χ1v) is 7.75. The van der Waals surface area contributed by atoms with Crippen LogP contribution in [0.25, 0.3) is 22.2 Å². The summed E-state index contributed by atoms with van der Waals surface area (Å²) in [5.74, 6) is 1.48. The zero-order chi connectivity index (χ0) is 16.2. The number of methoxy groups -OCH3 is 2. The van der Waals surface area contributed by atoms with Crippen LogP contribution in [-0.4, -0.2) is 32.8 Å². The van der Waals surface area contributed by atoms with Crippen LogP contribution in [0.4, 0.5) is 0 Å². The smallest absolute Gasteiger partial charge is 0.161 e. The Labute approximate surface area is 136 Å². The lowest BCUT2D eigenvalue weighted by Crippen LogP contribution is -2.10. The lowest BCUT2D eigenvalue weighted by atomic mass is 10.0. The fourth-order valence-corrected chi connectivity index (χ4v) is 2.95. The Morgan fingerprint density at radius 3 is 2.52 bits per heavy atom. The summed E-state index contributed by atoms with van der Waals surface area (Å²) in [4.78, 5) is 3.55. The number of benzene rings is 2. The highest BCUT2D eigenvalue weighted by atomic mass is 16.5. The normalized spacial score (nSPS) is 10.9. The van der Waals surface area contributed by atoms with Crippen molar-refractivity contribution in [3.8, 4) is 22.8 Å². The first-order valence-electron chi connectivity index (χ1n) is 7.75. The third-order valence-corrected chi connectivity index (χ3v) is 4.11. The van der Waals surface area contributed by atoms with Gasteiger partial charge in [-0.05, 0) is 49.8 Å². The van der Waals surface area contributed by atoms with Gasteiger partial charge in [-0.2, -0.15) is 0 Å². The van der Waals surface area contributed by atoms with Gasteiger partial charge in [0.1, 0.15) is 0 Å². The van der Waals surface area contributed by atoms with Gasteiger partial charge >= 0.3 is 0 Å². The van der Waals surface area contributed by atoms with Crippen LogP contribution in [0.3, 0.4) is 0 Å². The molecule has 0 saturated heterocycles. The molecule has 0 fully saturated rings. The molecule has 4 heteroatoms. The number of aromatic nitrogens is 1. The predicted octanol–water partition coefficient (Wildman–Crippen LogP) is 3.61. The quantitative estimate of drug-likeness (QED) is 0.731. The van der Waals surface area contributed by atoms with Crippen molar-refractivity contribution in [1.29, 1.82) is 0 Å². The Balaban J connectivity index is 2.14. The number of fused-ring (bicyclic) bond motifs is 1. The highest BCUT2D eigenvalue weighted by molar-refractivity contribution is 5.91. The van der Waals surface area contributed by atoms with Crippen molar-refractivity contribution in [2.24, 2.45) is 0 Å². The van der Waals surface area contributed by atoms with Crippen LogP contribution < -0.4 is 14.8 Å². The molecule has 2 aromatic carbocycles. The molecule has 1 aromatic heterocycles. The van der Waals surface area contributed by atoms with Crippen LogP contribution in [0.15, 0.2) is 42.5 Å². The zero-order valence-electron chi connectivity index (χ0n) is 13.8. The Hall–Kier alpha value is -2.46. The predicted molar refractivity (Wildman–Crippen MR) is 94.5 cm³/mol. The molecule has 0 aliphatic heterocycles. The van der Waals surface area contributed by atoms with E-state index in [0.717, 1.165) is 41.2 Å². The number of H-pyrrole nitrogens is 1. The fraction of sp³-hybridized carbons (Fsp3) is 0.263. The maximum atomic E-state index is 5.44. The number of ether oxygens (including phenoxy) is 2. The molecule has 0 aliphatic rings. The number of rotatable bonds is 6. The summed E-state index contributed by atoms with van der Waals surface area (Å²) in [5.41, 5.74) is 4.72. The SMILES string of the molecule is CNCCc1c(-c2ccc(OC)c(OC)c2)[nH]c2ccccc12. The lowest BCUT2D eigenvalue weighted by molar-refractivity contribution is 0.355. The molecule has 0 spiro atoms. The fourth-order valence-electron chi connectivity index (χ4n) is 2.95. The maximum Gasteiger partial charge on any atom is 0.161 e. The van der Waals surface area contributed by atoms with Crippen molar-refractivity contribution in [3.05, 3.63) is 48.0 Å². The Kier molecular flexibility index (Phi) is 4.53. The number of nitrogens with one attached hydrogen (secondary N) is 2. The number of para-hydroxylation sites is 1. The summed E-state index contributed by atoms with van der Waals surface area (Å²) in [6.07, 6.45) is 0.962. The second-order valence-electron chi connectivity index (χ2n) is 5.45. The monoisotopic (exact) mass is 310 g/mol. The standard InChI is InChI=1S/C19H22N2O2/c1-20-11-10-15-14-6-4-5-7-16(14)21-19(15)13-8-9-17(22-2)18(12-13)23-3/h4-9,12,20-21H,10-11H2,1-3H3. The van der Waals surface area contributed by atoms with Gasteiger partial charge in [0.25, 0.3) is 0 Å². The molecule has 0 radical (unpaired) electrons. The number of hydrogen-bond donors (Lipinski definition) is 2. The molecule has 3 rings (SSSR count). The number of aromatic amines is 1. The van der Waals surface area contributed by atoms with E-state index in [-0.39, 0.29) is 0 Å². The topological polar surface area (TPSA) is 46.3 Å². The minimum absolute atomic E-state index is 0.739. The molecule has 120 valence electrons. The second kappa shape index (κ2) is 6.75. The van der Waals surface area contributed by atoms with E-state index in [1.165, 1.54) is 10.9 Å². The van der Waals surface area contributed by atoms with Crippen molar-refractivity contribution in [1.82, 2.24) is 10.3 Å². The van der Waals surface area contributed by atoms with E-state index in [9.17, 15) is 0 Å². The molecule has 0 saturated carbocycles. The Morgan fingerprint density at radius 2 is 1.78 bits per heavy atom. The molecule has 0 unspecified atom stereocenters. The van der Waals surface area contributed by atoms with Gasteiger partial charge in [-0.1, -0.05) is 18.2 Å². The first kappa shape index (κ1) is 15.4. The number of hydrogen-bond acceptors (Lipinski definition) is 3. The molecule has 2 N–H and O–H groups in total. The van der Waals surface area contributed by atoms with Crippen molar-refractivity contribution in [3.63, 3.8) is 0 Å². The molecular weight excluding hydrogens is 288 g/mol. The van der Waals surface area contributed by atoms with E-state index in [1.54, 1.807) is 14.2 Å². The van der Waals surface area contributed by atoms with Crippen molar-refractivity contribution in [2.75, 3.05) is 27.8 Å². The van der Waals surface area contributed by atoms with Gasteiger partial charge in [-0.3, -0.25) is 0 Å². The van der Waals surface area contributed by atoms with E-state index in [2.05, 4.69) is 40.6 Å². The summed E-state index contributed by atoms with van der Waals surface area (Å²) in [7, 11) is 5.29. The second-order valence-corrected chi connectivity index (χ2v) is 5.45. The molecule has 23 heavy (non-hydrogen) atoms. The third-order valence-electron chi connectivity index (χ3n) is 4.11. The minimum Gasteiger partial charge on any atom is -0.493 e. The van der Waals surface area contributed by atoms with Gasteiger partial charge in [0, 0.05) is 22.2 Å². The average molecular weight is 310 g/mol. The van der Waals surface area contributed by atoms with Crippen molar-refractivity contribution >= 4 is 10.9 Å². The summed E-state index contributed by atoms with van der Waals surface area (Å²) in [5, 5.41) is 4.50. The van der Waals surface area contributed by atoms with Gasteiger partial charge in [-0.15, -0.1) is 0 Å². The summed E-state index contributed by atoms with van der Waals surface area (Å²) < 4.78 is 10.8. The molecule has 1 heterocycles. The van der Waals surface area contributed by atoms with E-state index in [0.29, 0.717) is 0 Å². The van der Waals surface area contributed by atoms with Gasteiger partial charge in [0.05, 0.1) is 14.2 Å². The summed E-state index contributed by atoms with van der Waals surface area (Å²) >= 11 is 0. The van der Waals surface area contributed by atoms with E-state index in [4.69, 9.17) is 9.47 Å². The minimum atomic E-state index is 0.739. The van der Waals surface area contributed by atoms with Crippen LogP contribution >= 0.6 is 0 Å². The highest BCUT2D eigenvalue weighted by Crippen LogP contribution is 2.36. The van der Waals surface area contributed by atoms with E-state index >= 15 is 0 Å². The first-order chi connectivity index (χ1) is 11.3. The van der Waals surface area contributed by atoms with Crippen LogP contribution in [0.1, 0.15) is 5.56 Å². The molecule has 0 atom stereocenters. The average Bonchev–Trinajstić information content (AvgIpc) is 2.97. The highest BCUT2D eigenvalue weighted by Gasteiger charge is 2.14. The largest absolute Gasteiger partial charge is 0.493 e. The van der Waals surface area contributed by atoms with E-state index in [1.807, 2.05) is 19.2 Å². The van der Waals surface area contributed by atoms with Crippen LogP contribution in [-0.2, 0) is 6.42 Å².